The lowest BCUT2D eigenvalue weighted by Crippen LogP contribution is -2.05. The molecule has 0 aliphatic rings. The van der Waals surface area contributed by atoms with Gasteiger partial charge in [-0.2, -0.15) is 0 Å². The lowest BCUT2D eigenvalue weighted by molar-refractivity contribution is -0.385. The fourth-order valence-corrected chi connectivity index (χ4v) is 3.17. The Labute approximate surface area is 181 Å². The van der Waals surface area contributed by atoms with Crippen molar-refractivity contribution in [3.63, 3.8) is 0 Å². The molecule has 0 aliphatic carbocycles. The molecule has 0 atom stereocenters. The molecule has 0 amide bonds. The minimum Gasteiger partial charge on any atom is -0.456 e. The Bertz CT molecular complexity index is 1280. The number of nitrogens with zero attached hydrogens (tertiary/aromatic N) is 3. The lowest BCUT2D eigenvalue weighted by atomic mass is 10.2. The molecule has 4 aromatic rings. The third kappa shape index (κ3) is 4.49. The number of ether oxygens (including phenoxy) is 2. The maximum Gasteiger partial charge on any atom is 0.338 e. The summed E-state index contributed by atoms with van der Waals surface area (Å²) < 4.78 is 12.8. The Morgan fingerprint density at radius 3 is 2.68 bits per heavy atom. The van der Waals surface area contributed by atoms with Crippen LogP contribution in [0.3, 0.4) is 0 Å². The molecule has 156 valence electrons. The number of imidazole rings is 1. The largest absolute Gasteiger partial charge is 0.456 e. The van der Waals surface area contributed by atoms with Crippen LogP contribution in [0.15, 0.2) is 67.0 Å². The Kier molecular flexibility index (Phi) is 5.55. The van der Waals surface area contributed by atoms with E-state index < -0.39 is 10.9 Å². The third-order valence-electron chi connectivity index (χ3n) is 4.51. The highest BCUT2D eigenvalue weighted by molar-refractivity contribution is 6.30. The second kappa shape index (κ2) is 8.45. The monoisotopic (exact) mass is 437 g/mol. The van der Waals surface area contributed by atoms with Crippen LogP contribution < -0.4 is 4.74 Å². The Morgan fingerprint density at radius 2 is 1.97 bits per heavy atom. The van der Waals surface area contributed by atoms with Crippen molar-refractivity contribution in [2.24, 2.45) is 0 Å². The third-order valence-corrected chi connectivity index (χ3v) is 4.75. The van der Waals surface area contributed by atoms with Crippen molar-refractivity contribution in [2.45, 2.75) is 13.5 Å². The van der Waals surface area contributed by atoms with E-state index in [-0.39, 0.29) is 23.1 Å². The number of aryl methyl sites for hydroxylation is 1. The van der Waals surface area contributed by atoms with Gasteiger partial charge in [-0.25, -0.2) is 9.78 Å². The number of fused-ring (bicyclic) bond motifs is 1. The van der Waals surface area contributed by atoms with Crippen molar-refractivity contribution in [1.82, 2.24) is 9.38 Å². The highest BCUT2D eigenvalue weighted by Gasteiger charge is 2.17. The van der Waals surface area contributed by atoms with Gasteiger partial charge in [0.25, 0.3) is 0 Å². The van der Waals surface area contributed by atoms with Gasteiger partial charge in [0.15, 0.2) is 0 Å². The number of benzene rings is 2. The van der Waals surface area contributed by atoms with Crippen molar-refractivity contribution in [3.8, 4) is 11.5 Å². The molecule has 0 saturated carbocycles. The van der Waals surface area contributed by atoms with Crippen LogP contribution in [0.1, 0.15) is 21.6 Å². The zero-order valence-electron chi connectivity index (χ0n) is 16.3. The molecule has 0 radical (unpaired) electrons. The van der Waals surface area contributed by atoms with Gasteiger partial charge in [-0.05, 0) is 55.0 Å². The second-order valence-corrected chi connectivity index (χ2v) is 7.16. The standard InChI is InChI=1S/C22H16ClN3O5/c1-14-3-2-10-25-12-17(24-21(14)25)13-30-22(27)15-4-7-18(8-5-15)31-20-9-6-16(23)11-19(20)26(28)29/h2-12H,13H2,1H3. The molecule has 0 N–H and O–H groups in total. The maximum absolute atomic E-state index is 12.3. The number of aromatic nitrogens is 2. The van der Waals surface area contributed by atoms with E-state index in [9.17, 15) is 14.9 Å². The zero-order chi connectivity index (χ0) is 22.0. The molecule has 0 saturated heterocycles. The number of hydrogen-bond acceptors (Lipinski definition) is 6. The van der Waals surface area contributed by atoms with Crippen molar-refractivity contribution in [2.75, 3.05) is 0 Å². The number of pyridine rings is 1. The highest BCUT2D eigenvalue weighted by Crippen LogP contribution is 2.33. The van der Waals surface area contributed by atoms with Gasteiger partial charge in [-0.15, -0.1) is 0 Å². The number of rotatable bonds is 6. The molecule has 9 heteroatoms. The van der Waals surface area contributed by atoms with Gasteiger partial charge in [0.2, 0.25) is 5.75 Å². The van der Waals surface area contributed by atoms with E-state index >= 15 is 0 Å². The molecule has 0 bridgehead atoms. The summed E-state index contributed by atoms with van der Waals surface area (Å²) >= 11 is 5.81. The first kappa shape index (κ1) is 20.4. The average molecular weight is 438 g/mol. The van der Waals surface area contributed by atoms with E-state index in [1.807, 2.05) is 35.9 Å². The van der Waals surface area contributed by atoms with Crippen molar-refractivity contribution < 1.29 is 19.2 Å². The molecule has 0 fully saturated rings. The van der Waals surface area contributed by atoms with E-state index in [0.717, 1.165) is 11.2 Å². The minimum atomic E-state index is -0.576. The second-order valence-electron chi connectivity index (χ2n) is 6.73. The topological polar surface area (TPSA) is 96.0 Å². The summed E-state index contributed by atoms with van der Waals surface area (Å²) in [5, 5.41) is 11.4. The summed E-state index contributed by atoms with van der Waals surface area (Å²) in [6.07, 6.45) is 3.69. The van der Waals surface area contributed by atoms with Gasteiger partial charge in [0.05, 0.1) is 16.2 Å². The summed E-state index contributed by atoms with van der Waals surface area (Å²) in [7, 11) is 0. The minimum absolute atomic E-state index is 0.0369. The molecule has 2 aromatic heterocycles. The normalized spacial score (nSPS) is 10.8. The molecular formula is C22H16ClN3O5. The van der Waals surface area contributed by atoms with Gasteiger partial charge in [0, 0.05) is 23.5 Å². The average Bonchev–Trinajstić information content (AvgIpc) is 3.18. The quantitative estimate of drug-likeness (QED) is 0.229. The number of nitro groups is 1. The van der Waals surface area contributed by atoms with Crippen LogP contribution in [-0.4, -0.2) is 20.3 Å². The summed E-state index contributed by atoms with van der Waals surface area (Å²) in [6.45, 7) is 2.00. The SMILES string of the molecule is Cc1cccn2cc(COC(=O)c3ccc(Oc4ccc(Cl)cc4[N+](=O)[O-])cc3)nc12. The van der Waals surface area contributed by atoms with Crippen LogP contribution in [0, 0.1) is 17.0 Å². The van der Waals surface area contributed by atoms with Crippen LogP contribution in [0.25, 0.3) is 5.65 Å². The van der Waals surface area contributed by atoms with Crippen LogP contribution >= 0.6 is 11.6 Å². The zero-order valence-corrected chi connectivity index (χ0v) is 17.1. The summed E-state index contributed by atoms with van der Waals surface area (Å²) in [6, 6.07) is 14.1. The van der Waals surface area contributed by atoms with Crippen LogP contribution in [0.2, 0.25) is 5.02 Å². The highest BCUT2D eigenvalue weighted by atomic mass is 35.5. The number of carbonyl (C=O) groups is 1. The molecular weight excluding hydrogens is 422 g/mol. The van der Waals surface area contributed by atoms with Crippen LogP contribution in [0.4, 0.5) is 5.69 Å². The summed E-state index contributed by atoms with van der Waals surface area (Å²) in [4.78, 5) is 27.4. The predicted octanol–water partition coefficient (Wildman–Crippen LogP) is 5.35. The van der Waals surface area contributed by atoms with Crippen molar-refractivity contribution in [3.05, 3.63) is 98.9 Å². The van der Waals surface area contributed by atoms with Gasteiger partial charge in [0.1, 0.15) is 18.0 Å². The molecule has 0 aliphatic heterocycles. The molecule has 4 rings (SSSR count). The molecule has 0 spiro atoms. The lowest BCUT2D eigenvalue weighted by Gasteiger charge is -2.08. The van der Waals surface area contributed by atoms with E-state index in [0.29, 0.717) is 17.0 Å². The van der Waals surface area contributed by atoms with Crippen LogP contribution in [0.5, 0.6) is 11.5 Å². The van der Waals surface area contributed by atoms with E-state index in [4.69, 9.17) is 21.1 Å². The molecule has 8 nitrogen and oxygen atoms in total. The molecule has 31 heavy (non-hydrogen) atoms. The number of nitro benzene ring substituents is 1. The van der Waals surface area contributed by atoms with Crippen LogP contribution in [-0.2, 0) is 11.3 Å². The van der Waals surface area contributed by atoms with E-state index in [2.05, 4.69) is 4.98 Å². The van der Waals surface area contributed by atoms with E-state index in [1.165, 1.54) is 42.5 Å². The van der Waals surface area contributed by atoms with Crippen molar-refractivity contribution >= 4 is 28.9 Å². The van der Waals surface area contributed by atoms with Gasteiger partial charge in [-0.1, -0.05) is 17.7 Å². The molecule has 0 unspecified atom stereocenters. The number of halogens is 1. The first-order valence-corrected chi connectivity index (χ1v) is 9.61. The fraction of sp³-hybridized carbons (Fsp3) is 0.0909. The smallest absolute Gasteiger partial charge is 0.338 e. The van der Waals surface area contributed by atoms with Gasteiger partial charge >= 0.3 is 11.7 Å². The fourth-order valence-electron chi connectivity index (χ4n) is 3.00. The first-order valence-electron chi connectivity index (χ1n) is 9.23. The number of esters is 1. The Morgan fingerprint density at radius 1 is 1.19 bits per heavy atom. The van der Waals surface area contributed by atoms with Gasteiger partial charge in [-0.3, -0.25) is 10.1 Å². The maximum atomic E-state index is 12.3. The van der Waals surface area contributed by atoms with Crippen molar-refractivity contribution in [1.29, 1.82) is 0 Å². The van der Waals surface area contributed by atoms with E-state index in [1.54, 1.807) is 0 Å². The molecule has 2 heterocycles. The molecule has 2 aromatic carbocycles. The first-order chi connectivity index (χ1) is 14.9. The predicted molar refractivity (Wildman–Crippen MR) is 114 cm³/mol. The van der Waals surface area contributed by atoms with Gasteiger partial charge < -0.3 is 13.9 Å². The summed E-state index contributed by atoms with van der Waals surface area (Å²) in [5.74, 6) is -0.137. The number of carbonyl (C=O) groups excluding carboxylic acids is 1. The number of hydrogen-bond donors (Lipinski definition) is 0. The summed E-state index contributed by atoms with van der Waals surface area (Å²) in [5.41, 5.74) is 2.54. The Hall–Kier alpha value is -3.91. The Balaban J connectivity index is 1.42.